The molecule has 1 aliphatic heterocycles. The molecule has 1 amide bonds. The number of benzene rings is 3. The lowest BCUT2D eigenvalue weighted by atomic mass is 9.96. The van der Waals surface area contributed by atoms with Crippen LogP contribution in [0.2, 0.25) is 0 Å². The summed E-state index contributed by atoms with van der Waals surface area (Å²) in [7, 11) is 1.62. The summed E-state index contributed by atoms with van der Waals surface area (Å²) >= 11 is 0. The van der Waals surface area contributed by atoms with E-state index in [1.54, 1.807) is 7.11 Å². The monoisotopic (exact) mass is 534 g/mol. The molecular formula is C32H34N6O2. The van der Waals surface area contributed by atoms with Gasteiger partial charge in [-0.1, -0.05) is 72.8 Å². The van der Waals surface area contributed by atoms with Gasteiger partial charge in [0.25, 0.3) is 0 Å². The molecule has 1 N–H and O–H groups in total. The number of hydrogen-bond acceptors (Lipinski definition) is 7. The maximum absolute atomic E-state index is 13.1. The van der Waals surface area contributed by atoms with Gasteiger partial charge in [-0.05, 0) is 29.7 Å². The lowest BCUT2D eigenvalue weighted by Gasteiger charge is -2.40. The molecule has 3 aromatic carbocycles. The highest BCUT2D eigenvalue weighted by Crippen LogP contribution is 2.32. The van der Waals surface area contributed by atoms with Crippen LogP contribution in [-0.2, 0) is 9.53 Å². The Bertz CT molecular complexity index is 1410. The number of rotatable bonds is 10. The number of carbonyl (C=O) groups is 1. The third-order valence-corrected chi connectivity index (χ3v) is 7.28. The first-order chi connectivity index (χ1) is 19.7. The number of nitrogens with one attached hydrogen (secondary N) is 1. The second-order valence-electron chi connectivity index (χ2n) is 9.87. The first kappa shape index (κ1) is 27.3. The zero-order valence-corrected chi connectivity index (χ0v) is 22.7. The molecule has 1 aliphatic rings. The van der Waals surface area contributed by atoms with Crippen molar-refractivity contribution in [1.82, 2.24) is 20.2 Å². The van der Waals surface area contributed by atoms with Crippen LogP contribution < -0.4 is 10.2 Å². The fourth-order valence-electron chi connectivity index (χ4n) is 5.28. The van der Waals surface area contributed by atoms with Crippen LogP contribution in [0.5, 0.6) is 0 Å². The maximum Gasteiger partial charge on any atom is 0.243 e. The van der Waals surface area contributed by atoms with Gasteiger partial charge in [-0.3, -0.25) is 9.69 Å². The summed E-state index contributed by atoms with van der Waals surface area (Å²) < 4.78 is 5.07. The first-order valence-corrected chi connectivity index (χ1v) is 13.7. The number of piperazine rings is 1. The quantitative estimate of drug-likeness (QED) is 0.303. The van der Waals surface area contributed by atoms with Gasteiger partial charge >= 0.3 is 0 Å². The second-order valence-corrected chi connectivity index (χ2v) is 9.87. The number of fused-ring (bicyclic) bond motifs is 1. The summed E-state index contributed by atoms with van der Waals surface area (Å²) in [5.74, 6) is -0.821. The van der Waals surface area contributed by atoms with E-state index < -0.39 is 5.92 Å². The number of nitrogens with zero attached hydrogens (tertiary/aromatic N) is 5. The van der Waals surface area contributed by atoms with Gasteiger partial charge in [-0.15, -0.1) is 0 Å². The zero-order chi connectivity index (χ0) is 27.7. The average Bonchev–Trinajstić information content (AvgIpc) is 3.01. The second kappa shape index (κ2) is 13.2. The fraction of sp³-hybridized carbons (Fsp3) is 0.312. The molecule has 0 radical (unpaired) electrons. The van der Waals surface area contributed by atoms with Crippen LogP contribution in [0.15, 0.2) is 84.9 Å². The molecule has 0 unspecified atom stereocenters. The molecule has 5 rings (SSSR count). The largest absolute Gasteiger partial charge is 0.385 e. The van der Waals surface area contributed by atoms with Gasteiger partial charge in [0.1, 0.15) is 5.69 Å². The third kappa shape index (κ3) is 6.12. The lowest BCUT2D eigenvalue weighted by molar-refractivity contribution is -0.121. The predicted molar refractivity (Wildman–Crippen MR) is 156 cm³/mol. The Hall–Kier alpha value is -4.32. The number of anilines is 1. The van der Waals surface area contributed by atoms with E-state index in [4.69, 9.17) is 14.7 Å². The molecule has 4 aromatic rings. The summed E-state index contributed by atoms with van der Waals surface area (Å²) in [6, 6.07) is 31.1. The van der Waals surface area contributed by atoms with Crippen LogP contribution in [0.4, 0.5) is 5.82 Å². The van der Waals surface area contributed by atoms with Crippen LogP contribution in [-0.4, -0.2) is 67.2 Å². The minimum atomic E-state index is -1.06. The Balaban J connectivity index is 1.41. The number of para-hydroxylation sites is 2. The van der Waals surface area contributed by atoms with Crippen molar-refractivity contribution in [2.24, 2.45) is 0 Å². The number of ether oxygens (including phenoxy) is 1. The summed E-state index contributed by atoms with van der Waals surface area (Å²) in [6.07, 6.45) is 0.669. The molecule has 0 aliphatic carbocycles. The molecule has 2 heterocycles. The van der Waals surface area contributed by atoms with E-state index in [2.05, 4.69) is 69.7 Å². The molecule has 0 spiro atoms. The van der Waals surface area contributed by atoms with E-state index in [0.717, 1.165) is 18.6 Å². The molecule has 1 saturated heterocycles. The Morgan fingerprint density at radius 3 is 2.05 bits per heavy atom. The Morgan fingerprint density at radius 1 is 0.900 bits per heavy atom. The number of carbonyl (C=O) groups excluding carboxylic acids is 1. The first-order valence-electron chi connectivity index (χ1n) is 13.7. The highest BCUT2D eigenvalue weighted by molar-refractivity contribution is 5.88. The van der Waals surface area contributed by atoms with Crippen molar-refractivity contribution in [2.45, 2.75) is 18.4 Å². The van der Waals surface area contributed by atoms with Crippen molar-refractivity contribution in [1.29, 1.82) is 5.26 Å². The van der Waals surface area contributed by atoms with E-state index >= 15 is 0 Å². The lowest BCUT2D eigenvalue weighted by Crippen LogP contribution is -2.48. The number of amides is 1. The summed E-state index contributed by atoms with van der Waals surface area (Å²) in [4.78, 5) is 27.5. The maximum atomic E-state index is 13.1. The van der Waals surface area contributed by atoms with Gasteiger partial charge in [0.05, 0.1) is 23.1 Å². The molecule has 1 atom stereocenters. The van der Waals surface area contributed by atoms with Crippen molar-refractivity contribution in [3.63, 3.8) is 0 Å². The fourth-order valence-corrected chi connectivity index (χ4v) is 5.28. The van der Waals surface area contributed by atoms with E-state index in [9.17, 15) is 10.1 Å². The van der Waals surface area contributed by atoms with Crippen LogP contribution in [0.25, 0.3) is 11.0 Å². The van der Waals surface area contributed by atoms with Gasteiger partial charge in [0.15, 0.2) is 11.7 Å². The van der Waals surface area contributed by atoms with Crippen LogP contribution in [0.3, 0.4) is 0 Å². The Labute approximate surface area is 235 Å². The summed E-state index contributed by atoms with van der Waals surface area (Å²) in [5.41, 5.74) is 4.32. The van der Waals surface area contributed by atoms with Gasteiger partial charge in [0.2, 0.25) is 5.91 Å². The highest BCUT2D eigenvalue weighted by atomic mass is 16.5. The van der Waals surface area contributed by atoms with Crippen molar-refractivity contribution in [3.05, 3.63) is 102 Å². The van der Waals surface area contributed by atoms with E-state index in [1.165, 1.54) is 11.1 Å². The van der Waals surface area contributed by atoms with Crippen molar-refractivity contribution < 1.29 is 9.53 Å². The van der Waals surface area contributed by atoms with Crippen LogP contribution in [0.1, 0.15) is 35.2 Å². The summed E-state index contributed by atoms with van der Waals surface area (Å²) in [6.45, 7) is 3.95. The molecule has 0 bridgehead atoms. The SMILES string of the molecule is COCCCNC(=O)[C@H](C#N)c1nc2ccccc2nc1N1CCN(C(c2ccccc2)c2ccccc2)CC1. The standard InChI is InChI=1S/C32H34N6O2/c1-40-22-10-17-34-32(39)26(23-33)29-31(36-28-16-9-8-15-27(28)35-29)38-20-18-37(19-21-38)30(24-11-4-2-5-12-24)25-13-6-3-7-14-25/h2-9,11-16,26,30H,10,17-22H2,1H3,(H,34,39)/t26-/m1/s1. The van der Waals surface area contributed by atoms with Gasteiger partial charge in [-0.2, -0.15) is 5.26 Å². The zero-order valence-electron chi connectivity index (χ0n) is 22.7. The summed E-state index contributed by atoms with van der Waals surface area (Å²) in [5, 5.41) is 13.0. The Morgan fingerprint density at radius 2 is 1.48 bits per heavy atom. The smallest absolute Gasteiger partial charge is 0.243 e. The van der Waals surface area contributed by atoms with E-state index in [1.807, 2.05) is 36.4 Å². The average molecular weight is 535 g/mol. The number of aromatic nitrogens is 2. The number of nitriles is 1. The van der Waals surface area contributed by atoms with Crippen LogP contribution in [0, 0.1) is 11.3 Å². The van der Waals surface area contributed by atoms with Crippen molar-refractivity contribution in [3.8, 4) is 6.07 Å². The third-order valence-electron chi connectivity index (χ3n) is 7.28. The molecular weight excluding hydrogens is 500 g/mol. The topological polar surface area (TPSA) is 94.4 Å². The molecule has 1 fully saturated rings. The van der Waals surface area contributed by atoms with Crippen LogP contribution >= 0.6 is 0 Å². The minimum Gasteiger partial charge on any atom is -0.385 e. The van der Waals surface area contributed by atoms with E-state index in [-0.39, 0.29) is 11.9 Å². The van der Waals surface area contributed by atoms with Crippen molar-refractivity contribution >= 4 is 22.8 Å². The van der Waals surface area contributed by atoms with Gasteiger partial charge in [-0.25, -0.2) is 9.97 Å². The minimum absolute atomic E-state index is 0.136. The van der Waals surface area contributed by atoms with Gasteiger partial charge < -0.3 is 15.0 Å². The highest BCUT2D eigenvalue weighted by Gasteiger charge is 2.32. The molecule has 0 saturated carbocycles. The molecule has 204 valence electrons. The molecule has 1 aromatic heterocycles. The predicted octanol–water partition coefficient (Wildman–Crippen LogP) is 4.30. The van der Waals surface area contributed by atoms with E-state index in [0.29, 0.717) is 49.7 Å². The molecule has 40 heavy (non-hydrogen) atoms. The van der Waals surface area contributed by atoms with Gasteiger partial charge in [0, 0.05) is 46.4 Å². The number of hydrogen-bond donors (Lipinski definition) is 1. The normalized spacial score (nSPS) is 14.7. The molecule has 8 nitrogen and oxygen atoms in total. The molecule has 8 heteroatoms. The Kier molecular flexibility index (Phi) is 8.96. The number of methoxy groups -OCH3 is 1. The van der Waals surface area contributed by atoms with Crippen molar-refractivity contribution in [2.75, 3.05) is 51.3 Å².